The lowest BCUT2D eigenvalue weighted by Gasteiger charge is -2.15. The first-order valence-electron chi connectivity index (χ1n) is 3.99. The number of ether oxygens (including phenoxy) is 3. The molecule has 5 nitrogen and oxygen atoms in total. The number of aliphatic carboxylic acids is 1. The summed E-state index contributed by atoms with van der Waals surface area (Å²) in [5, 5.41) is 8.64. The number of carboxylic acid groups (broad SMARTS) is 1. The van der Waals surface area contributed by atoms with Gasteiger partial charge in [-0.15, -0.1) is 0 Å². The van der Waals surface area contributed by atoms with Gasteiger partial charge in [0.05, 0.1) is 0 Å². The van der Waals surface area contributed by atoms with Gasteiger partial charge in [-0.05, 0) is 6.92 Å². The van der Waals surface area contributed by atoms with Crippen LogP contribution < -0.4 is 0 Å². The molecule has 0 aliphatic carbocycles. The summed E-state index contributed by atoms with van der Waals surface area (Å²) in [6.45, 7) is 1.73. The fourth-order valence-electron chi connectivity index (χ4n) is 1.30. The molecule has 5 heteroatoms. The first kappa shape index (κ1) is 10.4. The van der Waals surface area contributed by atoms with E-state index in [1.807, 2.05) is 0 Å². The van der Waals surface area contributed by atoms with Gasteiger partial charge in [-0.25, -0.2) is 4.79 Å². The number of carbonyl (C=O) groups is 1. The predicted octanol–water partition coefficient (Wildman–Crippen LogP) is 0.237. The molecule has 0 amide bonds. The van der Waals surface area contributed by atoms with Gasteiger partial charge in [-0.3, -0.25) is 0 Å². The maximum absolute atomic E-state index is 10.5. The highest BCUT2D eigenvalue weighted by Gasteiger charge is 2.58. The summed E-state index contributed by atoms with van der Waals surface area (Å²) in [6, 6.07) is 0. The summed E-state index contributed by atoms with van der Waals surface area (Å²) in [4.78, 5) is 10.5. The fourth-order valence-corrected chi connectivity index (χ4v) is 1.30. The van der Waals surface area contributed by atoms with Gasteiger partial charge >= 0.3 is 5.97 Å². The molecule has 1 heterocycles. The Morgan fingerprint density at radius 2 is 2.15 bits per heavy atom. The Morgan fingerprint density at radius 1 is 1.62 bits per heavy atom. The van der Waals surface area contributed by atoms with Crippen LogP contribution in [0.2, 0.25) is 0 Å². The zero-order valence-electron chi connectivity index (χ0n) is 7.94. The first-order chi connectivity index (χ1) is 6.03. The molecule has 0 bridgehead atoms. The van der Waals surface area contributed by atoms with Crippen LogP contribution >= 0.6 is 0 Å². The largest absolute Gasteiger partial charge is 0.479 e. The molecule has 0 saturated carbocycles. The number of rotatable bonds is 5. The van der Waals surface area contributed by atoms with Crippen molar-refractivity contribution in [3.05, 3.63) is 0 Å². The van der Waals surface area contributed by atoms with E-state index < -0.39 is 24.0 Å². The van der Waals surface area contributed by atoms with E-state index in [9.17, 15) is 4.79 Å². The van der Waals surface area contributed by atoms with Crippen LogP contribution in [-0.2, 0) is 19.0 Å². The Morgan fingerprint density at radius 3 is 2.46 bits per heavy atom. The van der Waals surface area contributed by atoms with Crippen molar-refractivity contribution in [1.82, 2.24) is 0 Å². The van der Waals surface area contributed by atoms with Gasteiger partial charge in [0, 0.05) is 20.6 Å². The molecule has 1 aliphatic rings. The minimum absolute atomic E-state index is 0.408. The third kappa shape index (κ3) is 2.18. The number of epoxide rings is 1. The molecule has 0 aromatic carbocycles. The molecule has 0 aromatic heterocycles. The van der Waals surface area contributed by atoms with E-state index in [1.54, 1.807) is 6.92 Å². The first-order valence-corrected chi connectivity index (χ1v) is 3.99. The molecule has 0 spiro atoms. The van der Waals surface area contributed by atoms with Gasteiger partial charge < -0.3 is 19.3 Å². The monoisotopic (exact) mass is 190 g/mol. The Labute approximate surface area is 76.6 Å². The zero-order chi connectivity index (χ0) is 10.1. The lowest BCUT2D eigenvalue weighted by molar-refractivity contribution is -0.138. The van der Waals surface area contributed by atoms with Crippen LogP contribution in [-0.4, -0.2) is 43.3 Å². The summed E-state index contributed by atoms with van der Waals surface area (Å²) < 4.78 is 14.9. The second-order valence-corrected chi connectivity index (χ2v) is 3.25. The molecule has 1 fully saturated rings. The SMILES string of the molecule is COC(CC1(C)OC1C(=O)O)OC. The molecule has 2 unspecified atom stereocenters. The Kier molecular flexibility index (Phi) is 2.90. The van der Waals surface area contributed by atoms with Crippen LogP contribution in [0.15, 0.2) is 0 Å². The average Bonchev–Trinajstić information content (AvgIpc) is 2.75. The van der Waals surface area contributed by atoms with Gasteiger partial charge in [0.2, 0.25) is 0 Å². The van der Waals surface area contributed by atoms with Crippen LogP contribution in [0, 0.1) is 0 Å². The predicted molar refractivity (Wildman–Crippen MR) is 43.3 cm³/mol. The Balaban J connectivity index is 2.42. The second-order valence-electron chi connectivity index (χ2n) is 3.25. The van der Waals surface area contributed by atoms with Crippen molar-refractivity contribution >= 4 is 5.97 Å². The van der Waals surface area contributed by atoms with E-state index in [0.717, 1.165) is 0 Å². The second kappa shape index (κ2) is 3.61. The van der Waals surface area contributed by atoms with Crippen molar-refractivity contribution < 1.29 is 24.1 Å². The van der Waals surface area contributed by atoms with Crippen molar-refractivity contribution in [3.8, 4) is 0 Å². The zero-order valence-corrected chi connectivity index (χ0v) is 7.94. The molecule has 76 valence electrons. The minimum atomic E-state index is -0.937. The van der Waals surface area contributed by atoms with Crippen molar-refractivity contribution in [2.24, 2.45) is 0 Å². The number of carboxylic acids is 1. The van der Waals surface area contributed by atoms with Crippen LogP contribution in [0.25, 0.3) is 0 Å². The maximum Gasteiger partial charge on any atom is 0.335 e. The van der Waals surface area contributed by atoms with Gasteiger partial charge in [-0.2, -0.15) is 0 Å². The smallest absolute Gasteiger partial charge is 0.335 e. The molecule has 1 N–H and O–H groups in total. The quantitative estimate of drug-likeness (QED) is 0.496. The van der Waals surface area contributed by atoms with Gasteiger partial charge in [0.1, 0.15) is 5.60 Å². The van der Waals surface area contributed by atoms with Crippen molar-refractivity contribution in [2.75, 3.05) is 14.2 Å². The maximum atomic E-state index is 10.5. The molecule has 1 saturated heterocycles. The molecule has 0 radical (unpaired) electrons. The number of methoxy groups -OCH3 is 2. The van der Waals surface area contributed by atoms with Crippen LogP contribution in [0.3, 0.4) is 0 Å². The van der Waals surface area contributed by atoms with Crippen molar-refractivity contribution in [3.63, 3.8) is 0 Å². The highest BCUT2D eigenvalue weighted by atomic mass is 16.7. The summed E-state index contributed by atoms with van der Waals surface area (Å²) in [6.07, 6.45) is -0.702. The molecular weight excluding hydrogens is 176 g/mol. The van der Waals surface area contributed by atoms with Crippen molar-refractivity contribution in [1.29, 1.82) is 0 Å². The number of hydrogen-bond acceptors (Lipinski definition) is 4. The Bertz CT molecular complexity index is 201. The Hall–Kier alpha value is -0.650. The highest BCUT2D eigenvalue weighted by Crippen LogP contribution is 2.40. The van der Waals surface area contributed by atoms with E-state index in [1.165, 1.54) is 14.2 Å². The molecule has 2 atom stereocenters. The lowest BCUT2D eigenvalue weighted by atomic mass is 10.0. The standard InChI is InChI=1S/C8H14O5/c1-8(4-5(11-2)12-3)6(13-8)7(9)10/h5-6H,4H2,1-3H3,(H,9,10). The normalized spacial score (nSPS) is 32.2. The van der Waals surface area contributed by atoms with Gasteiger partial charge in [0.15, 0.2) is 12.4 Å². The highest BCUT2D eigenvalue weighted by molar-refractivity contribution is 5.77. The fraction of sp³-hybridized carbons (Fsp3) is 0.875. The summed E-state index contributed by atoms with van der Waals surface area (Å²) in [5.74, 6) is -0.937. The number of hydrogen-bond donors (Lipinski definition) is 1. The molecule has 0 aromatic rings. The van der Waals surface area contributed by atoms with E-state index in [2.05, 4.69) is 0 Å². The third-order valence-electron chi connectivity index (χ3n) is 2.21. The summed E-state index contributed by atoms with van der Waals surface area (Å²) in [7, 11) is 3.02. The lowest BCUT2D eigenvalue weighted by Crippen LogP contribution is -2.25. The molecule has 13 heavy (non-hydrogen) atoms. The van der Waals surface area contributed by atoms with Crippen LogP contribution in [0.5, 0.6) is 0 Å². The molecular formula is C8H14O5. The summed E-state index contributed by atoms with van der Waals surface area (Å²) >= 11 is 0. The summed E-state index contributed by atoms with van der Waals surface area (Å²) in [5.41, 5.74) is -0.636. The topological polar surface area (TPSA) is 68.3 Å². The van der Waals surface area contributed by atoms with E-state index in [0.29, 0.717) is 6.42 Å². The van der Waals surface area contributed by atoms with E-state index in [-0.39, 0.29) is 0 Å². The molecule has 1 rings (SSSR count). The van der Waals surface area contributed by atoms with Crippen molar-refractivity contribution in [2.45, 2.75) is 31.3 Å². The third-order valence-corrected chi connectivity index (χ3v) is 2.21. The van der Waals surface area contributed by atoms with Gasteiger partial charge in [0.25, 0.3) is 0 Å². The van der Waals surface area contributed by atoms with E-state index in [4.69, 9.17) is 19.3 Å². The van der Waals surface area contributed by atoms with E-state index >= 15 is 0 Å². The van der Waals surface area contributed by atoms with Crippen LogP contribution in [0.4, 0.5) is 0 Å². The molecule has 1 aliphatic heterocycles. The van der Waals surface area contributed by atoms with Crippen LogP contribution in [0.1, 0.15) is 13.3 Å². The average molecular weight is 190 g/mol. The van der Waals surface area contributed by atoms with Gasteiger partial charge in [-0.1, -0.05) is 0 Å². The minimum Gasteiger partial charge on any atom is -0.479 e.